The fraction of sp³-hybridized carbons (Fsp3) is 0.556. The van der Waals surface area contributed by atoms with Crippen LogP contribution in [0.4, 0.5) is 0 Å². The molecule has 0 aliphatic rings. The Morgan fingerprint density at radius 3 is 2.91 bits per heavy atom. The summed E-state index contributed by atoms with van der Waals surface area (Å²) in [5.41, 5.74) is 1.32. The van der Waals surface area contributed by atoms with E-state index in [1.165, 1.54) is 5.56 Å². The zero-order chi connectivity index (χ0) is 8.10. The molecule has 62 valence electrons. The number of hydrogen-bond donors (Lipinski definition) is 2. The van der Waals surface area contributed by atoms with Crippen molar-refractivity contribution < 1.29 is 0 Å². The Bertz CT molecular complexity index is 177. The van der Waals surface area contributed by atoms with Crippen molar-refractivity contribution in [1.82, 2.24) is 10.3 Å². The van der Waals surface area contributed by atoms with E-state index in [1.54, 1.807) is 0 Å². The first-order valence-corrected chi connectivity index (χ1v) is 4.11. The van der Waals surface area contributed by atoms with Gasteiger partial charge < -0.3 is 10.3 Å². The first kappa shape index (κ1) is 8.34. The first-order valence-electron chi connectivity index (χ1n) is 4.11. The lowest BCUT2D eigenvalue weighted by Crippen LogP contribution is -2.18. The van der Waals surface area contributed by atoms with E-state index in [0.29, 0.717) is 0 Å². The van der Waals surface area contributed by atoms with Crippen LogP contribution >= 0.6 is 0 Å². The second-order valence-electron chi connectivity index (χ2n) is 3.24. The van der Waals surface area contributed by atoms with Crippen LogP contribution in [0.15, 0.2) is 18.5 Å². The molecule has 0 amide bonds. The lowest BCUT2D eigenvalue weighted by Gasteiger charge is -2.04. The summed E-state index contributed by atoms with van der Waals surface area (Å²) in [5.74, 6) is 0.731. The maximum Gasteiger partial charge on any atom is 0.0220 e. The quantitative estimate of drug-likeness (QED) is 0.676. The van der Waals surface area contributed by atoms with Gasteiger partial charge in [0, 0.05) is 18.9 Å². The summed E-state index contributed by atoms with van der Waals surface area (Å²) >= 11 is 0. The molecule has 0 atom stereocenters. The highest BCUT2D eigenvalue weighted by Crippen LogP contribution is 1.95. The molecule has 2 heteroatoms. The van der Waals surface area contributed by atoms with Gasteiger partial charge in [0.2, 0.25) is 0 Å². The van der Waals surface area contributed by atoms with Crippen molar-refractivity contribution in [3.8, 4) is 0 Å². The third kappa shape index (κ3) is 3.23. The summed E-state index contributed by atoms with van der Waals surface area (Å²) in [6.07, 6.45) is 3.97. The Hall–Kier alpha value is -0.760. The van der Waals surface area contributed by atoms with E-state index in [9.17, 15) is 0 Å². The number of aromatic amines is 1. The van der Waals surface area contributed by atoms with Crippen LogP contribution in [0.3, 0.4) is 0 Å². The van der Waals surface area contributed by atoms with Gasteiger partial charge in [-0.1, -0.05) is 13.8 Å². The van der Waals surface area contributed by atoms with Crippen molar-refractivity contribution >= 4 is 0 Å². The fourth-order valence-electron chi connectivity index (χ4n) is 0.974. The van der Waals surface area contributed by atoms with Crippen LogP contribution in [0.25, 0.3) is 0 Å². The average Bonchev–Trinajstić information content (AvgIpc) is 2.39. The third-order valence-corrected chi connectivity index (χ3v) is 1.54. The zero-order valence-electron chi connectivity index (χ0n) is 7.22. The van der Waals surface area contributed by atoms with E-state index < -0.39 is 0 Å². The Morgan fingerprint density at radius 2 is 2.36 bits per heavy atom. The van der Waals surface area contributed by atoms with Crippen LogP contribution < -0.4 is 5.32 Å². The molecule has 0 aliphatic carbocycles. The van der Waals surface area contributed by atoms with Gasteiger partial charge >= 0.3 is 0 Å². The number of H-pyrrole nitrogens is 1. The largest absolute Gasteiger partial charge is 0.367 e. The van der Waals surface area contributed by atoms with Crippen LogP contribution in [0.1, 0.15) is 19.4 Å². The first-order chi connectivity index (χ1) is 5.29. The van der Waals surface area contributed by atoms with E-state index in [2.05, 4.69) is 30.2 Å². The number of nitrogens with one attached hydrogen (secondary N) is 2. The normalized spacial score (nSPS) is 10.8. The summed E-state index contributed by atoms with van der Waals surface area (Å²) in [7, 11) is 0. The maximum atomic E-state index is 3.37. The maximum absolute atomic E-state index is 3.37. The van der Waals surface area contributed by atoms with Crippen LogP contribution in [0.2, 0.25) is 0 Å². The molecule has 1 heterocycles. The average molecular weight is 152 g/mol. The van der Waals surface area contributed by atoms with Gasteiger partial charge in [-0.25, -0.2) is 0 Å². The molecule has 1 aromatic rings. The molecule has 0 radical (unpaired) electrons. The predicted molar refractivity (Wildman–Crippen MR) is 47.3 cm³/mol. The Labute approximate surface area is 68.0 Å². The standard InChI is InChI=1S/C9H16N2/c1-8(2)5-11-7-9-3-4-10-6-9/h3-4,6,8,10-11H,5,7H2,1-2H3. The van der Waals surface area contributed by atoms with Gasteiger partial charge in [0.25, 0.3) is 0 Å². The minimum absolute atomic E-state index is 0.731. The van der Waals surface area contributed by atoms with Crippen molar-refractivity contribution in [2.75, 3.05) is 6.54 Å². The van der Waals surface area contributed by atoms with Gasteiger partial charge in [0.1, 0.15) is 0 Å². The van der Waals surface area contributed by atoms with Gasteiger partial charge in [-0.05, 0) is 24.1 Å². The van der Waals surface area contributed by atoms with Gasteiger partial charge in [-0.2, -0.15) is 0 Å². The SMILES string of the molecule is CC(C)CNCc1cc[nH]c1. The van der Waals surface area contributed by atoms with E-state index in [1.807, 2.05) is 12.4 Å². The lowest BCUT2D eigenvalue weighted by atomic mass is 10.2. The van der Waals surface area contributed by atoms with Crippen molar-refractivity contribution in [2.24, 2.45) is 5.92 Å². The molecule has 2 N–H and O–H groups in total. The second-order valence-corrected chi connectivity index (χ2v) is 3.24. The minimum Gasteiger partial charge on any atom is -0.367 e. The van der Waals surface area contributed by atoms with Gasteiger partial charge in [-0.15, -0.1) is 0 Å². The van der Waals surface area contributed by atoms with Gasteiger partial charge in [0.15, 0.2) is 0 Å². The zero-order valence-corrected chi connectivity index (χ0v) is 7.22. The van der Waals surface area contributed by atoms with Crippen LogP contribution in [-0.4, -0.2) is 11.5 Å². The van der Waals surface area contributed by atoms with Gasteiger partial charge in [0.05, 0.1) is 0 Å². The molecule has 0 bridgehead atoms. The summed E-state index contributed by atoms with van der Waals surface area (Å²) in [5, 5.41) is 3.37. The van der Waals surface area contributed by atoms with E-state index >= 15 is 0 Å². The molecular weight excluding hydrogens is 136 g/mol. The Morgan fingerprint density at radius 1 is 1.55 bits per heavy atom. The number of hydrogen-bond acceptors (Lipinski definition) is 1. The fourth-order valence-corrected chi connectivity index (χ4v) is 0.974. The second kappa shape index (κ2) is 4.19. The monoisotopic (exact) mass is 152 g/mol. The molecule has 2 nitrogen and oxygen atoms in total. The van der Waals surface area contributed by atoms with E-state index in [4.69, 9.17) is 0 Å². The molecule has 11 heavy (non-hydrogen) atoms. The molecule has 0 aliphatic heterocycles. The molecule has 0 aromatic carbocycles. The molecule has 1 aromatic heterocycles. The van der Waals surface area contributed by atoms with Crippen molar-refractivity contribution in [3.05, 3.63) is 24.0 Å². The number of rotatable bonds is 4. The molecule has 1 rings (SSSR count). The molecule has 0 fully saturated rings. The molecule has 0 unspecified atom stereocenters. The predicted octanol–water partition coefficient (Wildman–Crippen LogP) is 1.76. The molecule has 0 saturated carbocycles. The molecule has 0 spiro atoms. The van der Waals surface area contributed by atoms with E-state index in [-0.39, 0.29) is 0 Å². The summed E-state index contributed by atoms with van der Waals surface area (Å²) in [4.78, 5) is 3.03. The topological polar surface area (TPSA) is 27.8 Å². The molecular formula is C9H16N2. The van der Waals surface area contributed by atoms with Crippen molar-refractivity contribution in [2.45, 2.75) is 20.4 Å². The summed E-state index contributed by atoms with van der Waals surface area (Å²) in [6, 6.07) is 2.09. The van der Waals surface area contributed by atoms with Crippen LogP contribution in [0, 0.1) is 5.92 Å². The number of aromatic nitrogens is 1. The highest BCUT2D eigenvalue weighted by molar-refractivity contribution is 5.07. The summed E-state index contributed by atoms with van der Waals surface area (Å²) in [6.45, 7) is 6.49. The van der Waals surface area contributed by atoms with Crippen LogP contribution in [-0.2, 0) is 6.54 Å². The van der Waals surface area contributed by atoms with Gasteiger partial charge in [-0.3, -0.25) is 0 Å². The minimum atomic E-state index is 0.731. The van der Waals surface area contributed by atoms with Crippen molar-refractivity contribution in [3.63, 3.8) is 0 Å². The Kier molecular flexibility index (Phi) is 3.17. The van der Waals surface area contributed by atoms with Crippen LogP contribution in [0.5, 0.6) is 0 Å². The van der Waals surface area contributed by atoms with E-state index in [0.717, 1.165) is 19.0 Å². The third-order valence-electron chi connectivity index (χ3n) is 1.54. The Balaban J connectivity index is 2.14. The van der Waals surface area contributed by atoms with Crippen molar-refractivity contribution in [1.29, 1.82) is 0 Å². The summed E-state index contributed by atoms with van der Waals surface area (Å²) < 4.78 is 0. The highest BCUT2D eigenvalue weighted by Gasteiger charge is 1.93. The molecule has 0 saturated heterocycles. The lowest BCUT2D eigenvalue weighted by molar-refractivity contribution is 0.552. The smallest absolute Gasteiger partial charge is 0.0220 e. The highest BCUT2D eigenvalue weighted by atomic mass is 14.9.